The van der Waals surface area contributed by atoms with Crippen LogP contribution < -0.4 is 0 Å². The molecule has 0 heterocycles. The van der Waals surface area contributed by atoms with Crippen molar-refractivity contribution in [2.24, 2.45) is 23.2 Å². The molecule has 34 heavy (non-hydrogen) atoms. The molecule has 0 aromatic rings. The average Bonchev–Trinajstić information content (AvgIpc) is 2.99. The average molecular weight is 499 g/mol. The largest absolute Gasteiger partial charge is 0.414 e. The van der Waals surface area contributed by atoms with Gasteiger partial charge in [-0.1, -0.05) is 47.0 Å². The first-order valence-corrected chi connectivity index (χ1v) is 17.0. The lowest BCUT2D eigenvalue weighted by atomic mass is 9.60. The van der Waals surface area contributed by atoms with Crippen molar-refractivity contribution >= 4 is 8.32 Å². The molecule has 0 bridgehead atoms. The molecule has 202 valence electrons. The molecule has 6 atom stereocenters. The van der Waals surface area contributed by atoms with E-state index < -0.39 is 25.6 Å². The number of hydrogen-bond donors (Lipinski definition) is 3. The Morgan fingerprint density at radius 3 is 2.09 bits per heavy atom. The summed E-state index contributed by atoms with van der Waals surface area (Å²) in [6.45, 7) is 21.5. The fraction of sp³-hybridized carbons (Fsp3) is 1.00. The Labute approximate surface area is 212 Å². The summed E-state index contributed by atoms with van der Waals surface area (Å²) in [5.74, 6) is 1.76. The Bertz CT molecular complexity index is 642. The Morgan fingerprint density at radius 1 is 0.941 bits per heavy atom. The van der Waals surface area contributed by atoms with Gasteiger partial charge >= 0.3 is 0 Å². The molecule has 0 amide bonds. The Kier molecular flexibility index (Phi) is 9.63. The molecule has 2 aliphatic carbocycles. The van der Waals surface area contributed by atoms with Crippen molar-refractivity contribution in [1.29, 1.82) is 0 Å². The van der Waals surface area contributed by atoms with E-state index in [4.69, 9.17) is 4.43 Å². The molecule has 0 aromatic heterocycles. The fourth-order valence-electron chi connectivity index (χ4n) is 6.70. The zero-order chi connectivity index (χ0) is 26.2. The molecular formula is C29H58O4Si. The normalized spacial score (nSPS) is 30.8. The number of hydrogen-bond acceptors (Lipinski definition) is 4. The standard InChI is InChI=1S/C29H58O4Si/c1-26(2,3)34(9,10)33-24-14-12-20-29(8)22(16-17-23(24)29)21(13-11-19-27(4,5)31)15-18-25(30)28(6,7)32/h21-25,30-32H,11-20H2,1-10H3/t21-,22-,23+,24+,25-,29-/m1/s1. The Balaban J connectivity index is 2.20. The summed E-state index contributed by atoms with van der Waals surface area (Å²) >= 11 is 0. The van der Waals surface area contributed by atoms with Gasteiger partial charge in [-0.3, -0.25) is 0 Å². The van der Waals surface area contributed by atoms with Crippen LogP contribution in [0.1, 0.15) is 120 Å². The monoisotopic (exact) mass is 498 g/mol. The third-order valence-electron chi connectivity index (χ3n) is 9.95. The summed E-state index contributed by atoms with van der Waals surface area (Å²) in [5, 5.41) is 31.4. The smallest absolute Gasteiger partial charge is 0.192 e. The minimum atomic E-state index is -1.82. The molecule has 0 spiro atoms. The van der Waals surface area contributed by atoms with Crippen molar-refractivity contribution in [3.63, 3.8) is 0 Å². The number of fused-ring (bicyclic) bond motifs is 1. The van der Waals surface area contributed by atoms with E-state index in [1.54, 1.807) is 13.8 Å². The second-order valence-electron chi connectivity index (χ2n) is 14.8. The quantitative estimate of drug-likeness (QED) is 0.267. The van der Waals surface area contributed by atoms with Crippen LogP contribution in [0, 0.1) is 23.2 Å². The molecule has 2 fully saturated rings. The highest BCUT2D eigenvalue weighted by Gasteiger charge is 2.55. The van der Waals surface area contributed by atoms with Crippen LogP contribution >= 0.6 is 0 Å². The van der Waals surface area contributed by atoms with Crippen LogP contribution in [0.25, 0.3) is 0 Å². The van der Waals surface area contributed by atoms with Gasteiger partial charge in [-0.25, -0.2) is 0 Å². The lowest BCUT2D eigenvalue weighted by molar-refractivity contribution is -0.0592. The zero-order valence-corrected chi connectivity index (χ0v) is 25.2. The number of rotatable bonds is 11. The van der Waals surface area contributed by atoms with E-state index in [1.165, 1.54) is 32.1 Å². The van der Waals surface area contributed by atoms with E-state index in [0.29, 0.717) is 30.3 Å². The predicted molar refractivity (Wildman–Crippen MR) is 145 cm³/mol. The van der Waals surface area contributed by atoms with Gasteiger partial charge in [0.2, 0.25) is 0 Å². The molecule has 0 saturated heterocycles. The first-order valence-electron chi connectivity index (χ1n) is 14.1. The molecule has 2 saturated carbocycles. The molecule has 2 rings (SSSR count). The van der Waals surface area contributed by atoms with Crippen molar-refractivity contribution in [3.8, 4) is 0 Å². The van der Waals surface area contributed by atoms with Gasteiger partial charge in [0.05, 0.1) is 17.3 Å². The lowest BCUT2D eigenvalue weighted by Gasteiger charge is -2.50. The van der Waals surface area contributed by atoms with Gasteiger partial charge in [-0.15, -0.1) is 0 Å². The van der Waals surface area contributed by atoms with Crippen LogP contribution in [-0.4, -0.2) is 47.0 Å². The molecule has 4 nitrogen and oxygen atoms in total. The van der Waals surface area contributed by atoms with Gasteiger partial charge in [-0.2, -0.15) is 0 Å². The maximum absolute atomic E-state index is 10.6. The zero-order valence-electron chi connectivity index (χ0n) is 24.2. The van der Waals surface area contributed by atoms with Gasteiger partial charge in [0.25, 0.3) is 0 Å². The Morgan fingerprint density at radius 2 is 1.56 bits per heavy atom. The van der Waals surface area contributed by atoms with Crippen molar-refractivity contribution in [2.75, 3.05) is 0 Å². The van der Waals surface area contributed by atoms with Crippen molar-refractivity contribution < 1.29 is 19.7 Å². The predicted octanol–water partition coefficient (Wildman–Crippen LogP) is 7.06. The highest BCUT2D eigenvalue weighted by atomic mass is 28.4. The SMILES string of the molecule is CC(C)(O)CCC[C@H](CC[C@@H](O)C(C)(C)O)[C@H]1CC[C@H]2[C@@H](O[Si](C)(C)C(C)(C)C)CCC[C@]12C. The molecule has 3 N–H and O–H groups in total. The summed E-state index contributed by atoms with van der Waals surface area (Å²) in [5.41, 5.74) is -1.41. The van der Waals surface area contributed by atoms with Gasteiger partial charge in [0.15, 0.2) is 8.32 Å². The van der Waals surface area contributed by atoms with Crippen LogP contribution in [0.4, 0.5) is 0 Å². The van der Waals surface area contributed by atoms with Gasteiger partial charge in [0, 0.05) is 6.10 Å². The van der Waals surface area contributed by atoms with Crippen molar-refractivity contribution in [3.05, 3.63) is 0 Å². The van der Waals surface area contributed by atoms with E-state index in [0.717, 1.165) is 25.7 Å². The van der Waals surface area contributed by atoms with E-state index in [2.05, 4.69) is 40.8 Å². The third-order valence-corrected chi connectivity index (χ3v) is 14.5. The molecule has 0 aromatic carbocycles. The van der Waals surface area contributed by atoms with Crippen LogP contribution in [-0.2, 0) is 4.43 Å². The maximum atomic E-state index is 10.6. The topological polar surface area (TPSA) is 69.9 Å². The highest BCUT2D eigenvalue weighted by molar-refractivity contribution is 6.74. The van der Waals surface area contributed by atoms with E-state index in [1.807, 2.05) is 13.8 Å². The third kappa shape index (κ3) is 7.54. The minimum absolute atomic E-state index is 0.228. The van der Waals surface area contributed by atoms with Crippen LogP contribution in [0.2, 0.25) is 18.1 Å². The van der Waals surface area contributed by atoms with Crippen LogP contribution in [0.15, 0.2) is 0 Å². The van der Waals surface area contributed by atoms with E-state index >= 15 is 0 Å². The summed E-state index contributed by atoms with van der Waals surface area (Å²) in [6.07, 6.45) is 10.4. The molecular weight excluding hydrogens is 440 g/mol. The summed E-state index contributed by atoms with van der Waals surface area (Å²) < 4.78 is 7.05. The highest BCUT2D eigenvalue weighted by Crippen LogP contribution is 2.60. The minimum Gasteiger partial charge on any atom is -0.414 e. The van der Waals surface area contributed by atoms with E-state index in [9.17, 15) is 15.3 Å². The van der Waals surface area contributed by atoms with Crippen molar-refractivity contribution in [2.45, 2.75) is 161 Å². The summed E-state index contributed by atoms with van der Waals surface area (Å²) in [6, 6.07) is 0. The molecule has 5 heteroatoms. The van der Waals surface area contributed by atoms with E-state index in [-0.39, 0.29) is 10.5 Å². The van der Waals surface area contributed by atoms with Crippen molar-refractivity contribution in [1.82, 2.24) is 0 Å². The molecule has 0 aliphatic heterocycles. The van der Waals surface area contributed by atoms with Crippen LogP contribution in [0.5, 0.6) is 0 Å². The Hall–Kier alpha value is 0.0569. The first kappa shape index (κ1) is 30.3. The molecule has 0 unspecified atom stereocenters. The second-order valence-corrected chi connectivity index (χ2v) is 19.6. The number of aliphatic hydroxyl groups is 3. The van der Waals surface area contributed by atoms with Gasteiger partial charge in [-0.05, 0) is 114 Å². The maximum Gasteiger partial charge on any atom is 0.192 e. The van der Waals surface area contributed by atoms with Gasteiger partial charge < -0.3 is 19.7 Å². The second kappa shape index (κ2) is 10.8. The molecule has 0 radical (unpaired) electrons. The summed E-state index contributed by atoms with van der Waals surface area (Å²) in [7, 11) is -1.82. The lowest BCUT2D eigenvalue weighted by Crippen LogP contribution is -2.50. The summed E-state index contributed by atoms with van der Waals surface area (Å²) in [4.78, 5) is 0. The fourth-order valence-corrected chi connectivity index (χ4v) is 8.09. The van der Waals surface area contributed by atoms with Gasteiger partial charge in [0.1, 0.15) is 0 Å². The van der Waals surface area contributed by atoms with Crippen LogP contribution in [0.3, 0.4) is 0 Å². The molecule has 2 aliphatic rings. The number of aliphatic hydroxyl groups excluding tert-OH is 1. The first-order chi connectivity index (χ1) is 15.3.